The van der Waals surface area contributed by atoms with Gasteiger partial charge in [0.25, 0.3) is 0 Å². The van der Waals surface area contributed by atoms with Gasteiger partial charge in [0.1, 0.15) is 0 Å². The lowest BCUT2D eigenvalue weighted by atomic mass is 9.87. The molecule has 1 N–H and O–H groups in total. The number of carbonyl (C=O) groups is 1. The molecule has 0 radical (unpaired) electrons. The number of sulfonamides is 1. The standard InChI is InChI=1S/C22H34N2O3S/c1-16(2)21(25)24-15-22(3,4)19-14-18(12-13-20(19)24)28(26,27)23-17-10-8-6-5-7-9-11-17/h12-14,16-17,23H,5-11,15H2,1-4H3. The summed E-state index contributed by atoms with van der Waals surface area (Å²) in [6.45, 7) is 8.51. The van der Waals surface area contributed by atoms with Crippen molar-refractivity contribution in [3.8, 4) is 0 Å². The van der Waals surface area contributed by atoms with Gasteiger partial charge in [-0.2, -0.15) is 0 Å². The van der Waals surface area contributed by atoms with Crippen molar-refractivity contribution in [3.05, 3.63) is 23.8 Å². The molecule has 0 atom stereocenters. The number of carbonyl (C=O) groups excluding carboxylic acids is 1. The van der Waals surface area contributed by atoms with Gasteiger partial charge in [0, 0.05) is 29.6 Å². The van der Waals surface area contributed by atoms with E-state index >= 15 is 0 Å². The number of fused-ring (bicyclic) bond motifs is 1. The molecule has 1 aromatic carbocycles. The van der Waals surface area contributed by atoms with E-state index in [0.717, 1.165) is 36.9 Å². The largest absolute Gasteiger partial charge is 0.311 e. The van der Waals surface area contributed by atoms with Gasteiger partial charge in [-0.1, -0.05) is 59.8 Å². The minimum absolute atomic E-state index is 0.0191. The number of amides is 1. The van der Waals surface area contributed by atoms with Crippen LogP contribution in [0.2, 0.25) is 0 Å². The fourth-order valence-corrected chi connectivity index (χ4v) is 5.73. The molecule has 1 saturated carbocycles. The first-order chi connectivity index (χ1) is 13.1. The summed E-state index contributed by atoms with van der Waals surface area (Å²) in [6, 6.07) is 5.24. The topological polar surface area (TPSA) is 66.5 Å². The van der Waals surface area contributed by atoms with Crippen LogP contribution in [0.15, 0.2) is 23.1 Å². The van der Waals surface area contributed by atoms with Crippen LogP contribution in [0.4, 0.5) is 5.69 Å². The van der Waals surface area contributed by atoms with Gasteiger partial charge < -0.3 is 4.90 Å². The number of nitrogens with zero attached hydrogens (tertiary/aromatic N) is 1. The zero-order valence-corrected chi connectivity index (χ0v) is 18.4. The van der Waals surface area contributed by atoms with E-state index in [1.54, 1.807) is 23.1 Å². The molecule has 3 rings (SSSR count). The van der Waals surface area contributed by atoms with Gasteiger partial charge in [-0.3, -0.25) is 4.79 Å². The van der Waals surface area contributed by atoms with E-state index in [4.69, 9.17) is 0 Å². The van der Waals surface area contributed by atoms with Crippen LogP contribution in [0.5, 0.6) is 0 Å². The van der Waals surface area contributed by atoms with Gasteiger partial charge in [0.05, 0.1) is 4.90 Å². The summed E-state index contributed by atoms with van der Waals surface area (Å²) in [5.41, 5.74) is 1.50. The molecule has 1 aliphatic heterocycles. The maximum atomic E-state index is 13.0. The van der Waals surface area contributed by atoms with Crippen LogP contribution in [-0.2, 0) is 20.2 Å². The molecule has 0 bridgehead atoms. The Morgan fingerprint density at radius 3 is 2.32 bits per heavy atom. The molecule has 0 spiro atoms. The summed E-state index contributed by atoms with van der Waals surface area (Å²) in [4.78, 5) is 14.7. The van der Waals surface area contributed by atoms with Gasteiger partial charge in [0.15, 0.2) is 0 Å². The first-order valence-corrected chi connectivity index (χ1v) is 12.1. The highest BCUT2D eigenvalue weighted by atomic mass is 32.2. The Morgan fingerprint density at radius 2 is 1.71 bits per heavy atom. The van der Waals surface area contributed by atoms with Crippen molar-refractivity contribution in [1.29, 1.82) is 0 Å². The minimum atomic E-state index is -3.57. The van der Waals surface area contributed by atoms with E-state index in [0.29, 0.717) is 11.4 Å². The first kappa shape index (κ1) is 21.3. The lowest BCUT2D eigenvalue weighted by Gasteiger charge is -2.22. The van der Waals surface area contributed by atoms with E-state index < -0.39 is 10.0 Å². The summed E-state index contributed by atoms with van der Waals surface area (Å²) in [7, 11) is -3.57. The number of hydrogen-bond acceptors (Lipinski definition) is 3. The molecule has 1 amide bonds. The van der Waals surface area contributed by atoms with Gasteiger partial charge >= 0.3 is 0 Å². The van der Waals surface area contributed by atoms with Crippen molar-refractivity contribution in [2.24, 2.45) is 5.92 Å². The predicted octanol–water partition coefficient (Wildman–Crippen LogP) is 4.36. The quantitative estimate of drug-likeness (QED) is 0.808. The molecule has 1 fully saturated rings. The van der Waals surface area contributed by atoms with E-state index in [1.807, 2.05) is 13.8 Å². The Labute approximate surface area is 169 Å². The zero-order valence-electron chi connectivity index (χ0n) is 17.6. The molecule has 156 valence electrons. The van der Waals surface area contributed by atoms with Crippen LogP contribution in [0, 0.1) is 5.92 Å². The number of anilines is 1. The molecule has 1 heterocycles. The molecule has 1 aliphatic carbocycles. The SMILES string of the molecule is CC(C)C(=O)N1CC(C)(C)c2cc(S(=O)(=O)NC3CCCCCCC3)ccc21. The van der Waals surface area contributed by atoms with Crippen molar-refractivity contribution in [1.82, 2.24) is 4.72 Å². The van der Waals surface area contributed by atoms with E-state index in [9.17, 15) is 13.2 Å². The summed E-state index contributed by atoms with van der Waals surface area (Å²) in [5, 5.41) is 0. The van der Waals surface area contributed by atoms with Crippen LogP contribution in [-0.4, -0.2) is 26.9 Å². The third kappa shape index (κ3) is 4.43. The molecule has 6 heteroatoms. The second-order valence-electron chi connectivity index (χ2n) is 9.31. The van der Waals surface area contributed by atoms with Gasteiger partial charge in [-0.05, 0) is 36.6 Å². The maximum Gasteiger partial charge on any atom is 0.240 e. The van der Waals surface area contributed by atoms with Crippen molar-refractivity contribution in [2.75, 3.05) is 11.4 Å². The van der Waals surface area contributed by atoms with Crippen molar-refractivity contribution in [3.63, 3.8) is 0 Å². The summed E-state index contributed by atoms with van der Waals surface area (Å²) >= 11 is 0. The average molecular weight is 407 g/mol. The highest BCUT2D eigenvalue weighted by Crippen LogP contribution is 2.42. The summed E-state index contributed by atoms with van der Waals surface area (Å²) < 4.78 is 29.0. The second kappa shape index (κ2) is 8.15. The molecular weight excluding hydrogens is 372 g/mol. The average Bonchev–Trinajstić information content (AvgIpc) is 2.87. The van der Waals surface area contributed by atoms with Crippen molar-refractivity contribution < 1.29 is 13.2 Å². The third-order valence-corrected chi connectivity index (χ3v) is 7.56. The lowest BCUT2D eigenvalue weighted by molar-refractivity contribution is -0.121. The zero-order chi connectivity index (χ0) is 20.5. The molecule has 0 unspecified atom stereocenters. The van der Waals surface area contributed by atoms with Crippen molar-refractivity contribution in [2.45, 2.75) is 89.0 Å². The van der Waals surface area contributed by atoms with Gasteiger partial charge in [0.2, 0.25) is 15.9 Å². The van der Waals surface area contributed by atoms with Gasteiger partial charge in [-0.25, -0.2) is 13.1 Å². The van der Waals surface area contributed by atoms with Crippen LogP contribution < -0.4 is 9.62 Å². The van der Waals surface area contributed by atoms with E-state index in [2.05, 4.69) is 18.6 Å². The molecule has 0 aromatic heterocycles. The first-order valence-electron chi connectivity index (χ1n) is 10.6. The van der Waals surface area contributed by atoms with Crippen molar-refractivity contribution >= 4 is 21.6 Å². The summed E-state index contributed by atoms with van der Waals surface area (Å²) in [6.07, 6.45) is 7.60. The number of benzene rings is 1. The van der Waals surface area contributed by atoms with E-state index in [-0.39, 0.29) is 23.3 Å². The van der Waals surface area contributed by atoms with Crippen LogP contribution in [0.1, 0.15) is 78.2 Å². The number of nitrogens with one attached hydrogen (secondary N) is 1. The molecule has 1 aromatic rings. The molecule has 5 nitrogen and oxygen atoms in total. The Hall–Kier alpha value is -1.40. The molecule has 2 aliphatic rings. The fraction of sp³-hybridized carbons (Fsp3) is 0.682. The predicted molar refractivity (Wildman–Crippen MR) is 113 cm³/mol. The molecule has 0 saturated heterocycles. The molecule has 28 heavy (non-hydrogen) atoms. The number of hydrogen-bond donors (Lipinski definition) is 1. The maximum absolute atomic E-state index is 13.0. The summed E-state index contributed by atoms with van der Waals surface area (Å²) in [5.74, 6) is -0.0128. The Bertz CT molecular complexity index is 822. The van der Waals surface area contributed by atoms with Crippen LogP contribution >= 0.6 is 0 Å². The smallest absolute Gasteiger partial charge is 0.240 e. The minimum Gasteiger partial charge on any atom is -0.311 e. The Kier molecular flexibility index (Phi) is 6.20. The monoisotopic (exact) mass is 406 g/mol. The number of rotatable bonds is 4. The lowest BCUT2D eigenvalue weighted by Crippen LogP contribution is -2.36. The third-order valence-electron chi connectivity index (χ3n) is 6.04. The van der Waals surface area contributed by atoms with Gasteiger partial charge in [-0.15, -0.1) is 0 Å². The Balaban J connectivity index is 1.86. The highest BCUT2D eigenvalue weighted by Gasteiger charge is 2.39. The Morgan fingerprint density at radius 1 is 1.11 bits per heavy atom. The normalized spacial score (nSPS) is 20.7. The second-order valence-corrected chi connectivity index (χ2v) is 11.0. The van der Waals surface area contributed by atoms with Crippen LogP contribution in [0.3, 0.4) is 0 Å². The fourth-order valence-electron chi connectivity index (χ4n) is 4.40. The van der Waals surface area contributed by atoms with E-state index in [1.165, 1.54) is 19.3 Å². The molecular formula is C22H34N2O3S. The van der Waals surface area contributed by atoms with Crippen LogP contribution in [0.25, 0.3) is 0 Å². The highest BCUT2D eigenvalue weighted by molar-refractivity contribution is 7.89.